The average Bonchev–Trinajstić information content (AvgIpc) is 2.18. The van der Waals surface area contributed by atoms with Gasteiger partial charge >= 0.3 is 5.97 Å². The molecule has 0 bridgehead atoms. The van der Waals surface area contributed by atoms with E-state index in [4.69, 9.17) is 5.11 Å². The molecule has 74 valence electrons. The molecule has 3 nitrogen and oxygen atoms in total. The lowest BCUT2D eigenvalue weighted by atomic mass is 9.85. The van der Waals surface area contributed by atoms with Crippen LogP contribution in [-0.4, -0.2) is 17.4 Å². The van der Waals surface area contributed by atoms with E-state index in [0.29, 0.717) is 5.56 Å². The second-order valence-corrected chi connectivity index (χ2v) is 3.73. The molecule has 0 aliphatic rings. The van der Waals surface area contributed by atoms with Gasteiger partial charge in [-0.1, -0.05) is 12.1 Å². The lowest BCUT2D eigenvalue weighted by Gasteiger charge is -2.17. The fraction of sp³-hybridized carbons (Fsp3) is 0.273. The molecule has 1 aromatic rings. The van der Waals surface area contributed by atoms with Crippen molar-refractivity contribution in [3.05, 3.63) is 35.4 Å². The third-order valence-corrected chi connectivity index (χ3v) is 2.15. The Bertz CT molecular complexity index is 367. The van der Waals surface area contributed by atoms with Crippen LogP contribution in [0.2, 0.25) is 0 Å². The van der Waals surface area contributed by atoms with Gasteiger partial charge in [-0.3, -0.25) is 0 Å². The van der Waals surface area contributed by atoms with E-state index in [2.05, 4.69) is 0 Å². The van der Waals surface area contributed by atoms with Gasteiger partial charge in [-0.15, -0.1) is 0 Å². The van der Waals surface area contributed by atoms with E-state index >= 15 is 0 Å². The van der Waals surface area contributed by atoms with E-state index < -0.39 is 11.4 Å². The Morgan fingerprint density at radius 1 is 1.43 bits per heavy atom. The van der Waals surface area contributed by atoms with E-state index in [0.717, 1.165) is 6.29 Å². The first kappa shape index (κ1) is 10.4. The SMILES string of the molecule is CC(C)(C=O)c1cccc(C(=O)O)c1. The van der Waals surface area contributed by atoms with Crippen molar-refractivity contribution in [1.82, 2.24) is 0 Å². The minimum absolute atomic E-state index is 0.206. The highest BCUT2D eigenvalue weighted by molar-refractivity contribution is 5.88. The summed E-state index contributed by atoms with van der Waals surface area (Å²) in [4.78, 5) is 21.4. The van der Waals surface area contributed by atoms with Gasteiger partial charge in [0.05, 0.1) is 5.56 Å². The molecule has 0 amide bonds. The van der Waals surface area contributed by atoms with Crippen molar-refractivity contribution in [3.8, 4) is 0 Å². The Morgan fingerprint density at radius 2 is 2.07 bits per heavy atom. The highest BCUT2D eigenvalue weighted by Crippen LogP contribution is 2.21. The van der Waals surface area contributed by atoms with Crippen LogP contribution >= 0.6 is 0 Å². The van der Waals surface area contributed by atoms with Crippen LogP contribution in [-0.2, 0) is 10.2 Å². The largest absolute Gasteiger partial charge is 0.478 e. The number of carbonyl (C=O) groups excluding carboxylic acids is 1. The molecule has 0 aliphatic heterocycles. The Labute approximate surface area is 82.4 Å². The molecule has 0 heterocycles. The fourth-order valence-electron chi connectivity index (χ4n) is 1.12. The van der Waals surface area contributed by atoms with Crippen molar-refractivity contribution >= 4 is 12.3 Å². The summed E-state index contributed by atoms with van der Waals surface area (Å²) < 4.78 is 0. The molecule has 0 radical (unpaired) electrons. The molecule has 3 heteroatoms. The molecule has 1 N–H and O–H groups in total. The minimum Gasteiger partial charge on any atom is -0.478 e. The average molecular weight is 192 g/mol. The Hall–Kier alpha value is -1.64. The number of benzene rings is 1. The summed E-state index contributed by atoms with van der Waals surface area (Å²) >= 11 is 0. The first-order chi connectivity index (χ1) is 6.47. The third kappa shape index (κ3) is 1.99. The van der Waals surface area contributed by atoms with E-state index in [-0.39, 0.29) is 5.56 Å². The van der Waals surface area contributed by atoms with Gasteiger partial charge in [0.25, 0.3) is 0 Å². The Kier molecular flexibility index (Phi) is 2.70. The second-order valence-electron chi connectivity index (χ2n) is 3.73. The normalized spacial score (nSPS) is 11.0. The van der Waals surface area contributed by atoms with Crippen LogP contribution in [0.5, 0.6) is 0 Å². The van der Waals surface area contributed by atoms with E-state index in [1.54, 1.807) is 26.0 Å². The highest BCUT2D eigenvalue weighted by atomic mass is 16.4. The van der Waals surface area contributed by atoms with Crippen LogP contribution in [0.15, 0.2) is 24.3 Å². The first-order valence-electron chi connectivity index (χ1n) is 4.27. The van der Waals surface area contributed by atoms with Gasteiger partial charge in [0, 0.05) is 5.41 Å². The van der Waals surface area contributed by atoms with Crippen molar-refractivity contribution in [2.45, 2.75) is 19.3 Å². The maximum absolute atomic E-state index is 10.8. The molecule has 0 aromatic heterocycles. The quantitative estimate of drug-likeness (QED) is 0.743. The zero-order chi connectivity index (χ0) is 10.8. The van der Waals surface area contributed by atoms with Gasteiger partial charge in [-0.05, 0) is 31.5 Å². The Balaban J connectivity index is 3.18. The fourth-order valence-corrected chi connectivity index (χ4v) is 1.12. The summed E-state index contributed by atoms with van der Waals surface area (Å²) in [5.41, 5.74) is 0.288. The lowest BCUT2D eigenvalue weighted by molar-refractivity contribution is -0.111. The summed E-state index contributed by atoms with van der Waals surface area (Å²) in [6.07, 6.45) is 0.813. The van der Waals surface area contributed by atoms with Crippen molar-refractivity contribution in [1.29, 1.82) is 0 Å². The molecule has 1 aromatic carbocycles. The second kappa shape index (κ2) is 3.62. The molecular weight excluding hydrogens is 180 g/mol. The molecule has 0 aliphatic carbocycles. The van der Waals surface area contributed by atoms with Gasteiger partial charge in [0.15, 0.2) is 0 Å². The lowest BCUT2D eigenvalue weighted by Crippen LogP contribution is -2.19. The van der Waals surface area contributed by atoms with Crippen LogP contribution < -0.4 is 0 Å². The van der Waals surface area contributed by atoms with Gasteiger partial charge < -0.3 is 9.90 Å². The summed E-state index contributed by atoms with van der Waals surface area (Å²) in [5, 5.41) is 8.76. The molecule has 0 atom stereocenters. The minimum atomic E-state index is -0.978. The number of hydrogen-bond acceptors (Lipinski definition) is 2. The molecular formula is C11H12O3. The predicted molar refractivity (Wildman–Crippen MR) is 52.5 cm³/mol. The van der Waals surface area contributed by atoms with Crippen LogP contribution in [0.4, 0.5) is 0 Å². The monoisotopic (exact) mass is 192 g/mol. The molecule has 0 unspecified atom stereocenters. The molecule has 0 saturated carbocycles. The number of aromatic carboxylic acids is 1. The van der Waals surface area contributed by atoms with Gasteiger partial charge in [0.2, 0.25) is 0 Å². The van der Waals surface area contributed by atoms with Gasteiger partial charge in [-0.25, -0.2) is 4.79 Å². The predicted octanol–water partition coefficient (Wildman–Crippen LogP) is 1.86. The van der Waals surface area contributed by atoms with Gasteiger partial charge in [0.1, 0.15) is 6.29 Å². The van der Waals surface area contributed by atoms with Crippen LogP contribution in [0.25, 0.3) is 0 Å². The number of carboxylic acids is 1. The summed E-state index contributed by atoms with van der Waals surface area (Å²) in [7, 11) is 0. The van der Waals surface area contributed by atoms with Crippen LogP contribution in [0, 0.1) is 0 Å². The summed E-state index contributed by atoms with van der Waals surface area (Å²) in [6.45, 7) is 3.50. The summed E-state index contributed by atoms with van der Waals surface area (Å²) in [5.74, 6) is -0.978. The first-order valence-corrected chi connectivity index (χ1v) is 4.27. The number of rotatable bonds is 3. The van der Waals surface area contributed by atoms with E-state index in [9.17, 15) is 9.59 Å². The number of carboxylic acid groups (broad SMARTS) is 1. The topological polar surface area (TPSA) is 54.4 Å². The van der Waals surface area contributed by atoms with E-state index in [1.807, 2.05) is 0 Å². The van der Waals surface area contributed by atoms with Crippen molar-refractivity contribution < 1.29 is 14.7 Å². The van der Waals surface area contributed by atoms with Gasteiger partial charge in [-0.2, -0.15) is 0 Å². The smallest absolute Gasteiger partial charge is 0.335 e. The number of hydrogen-bond donors (Lipinski definition) is 1. The standard InChI is InChI=1S/C11H12O3/c1-11(2,7-12)9-5-3-4-8(6-9)10(13)14/h3-7H,1-2H3,(H,13,14). The third-order valence-electron chi connectivity index (χ3n) is 2.15. The van der Waals surface area contributed by atoms with Crippen molar-refractivity contribution in [2.75, 3.05) is 0 Å². The zero-order valence-corrected chi connectivity index (χ0v) is 8.15. The molecule has 0 saturated heterocycles. The maximum atomic E-state index is 10.8. The molecule has 14 heavy (non-hydrogen) atoms. The summed E-state index contributed by atoms with van der Waals surface area (Å²) in [6, 6.07) is 6.42. The highest BCUT2D eigenvalue weighted by Gasteiger charge is 2.20. The van der Waals surface area contributed by atoms with Crippen LogP contribution in [0.1, 0.15) is 29.8 Å². The van der Waals surface area contributed by atoms with Crippen LogP contribution in [0.3, 0.4) is 0 Å². The molecule has 0 fully saturated rings. The van der Waals surface area contributed by atoms with Crippen molar-refractivity contribution in [2.24, 2.45) is 0 Å². The van der Waals surface area contributed by atoms with Crippen molar-refractivity contribution in [3.63, 3.8) is 0 Å². The molecule has 0 spiro atoms. The van der Waals surface area contributed by atoms with E-state index in [1.165, 1.54) is 12.1 Å². The Morgan fingerprint density at radius 3 is 2.57 bits per heavy atom. The zero-order valence-electron chi connectivity index (χ0n) is 8.15. The maximum Gasteiger partial charge on any atom is 0.335 e. The number of carbonyl (C=O) groups is 2. The number of aldehydes is 1. The molecule has 1 rings (SSSR count).